The maximum atomic E-state index is 13.9. The van der Waals surface area contributed by atoms with Gasteiger partial charge in [0, 0.05) is 24.1 Å². The summed E-state index contributed by atoms with van der Waals surface area (Å²) >= 11 is 0. The SMILES string of the molecule is CN1CCC(c2cn(C)c3ccc(OS(=O)(=O)c4c(F)cccc4F)cc23)CC1. The number of nitrogens with zero attached hydrogens (tertiary/aromatic N) is 2. The summed E-state index contributed by atoms with van der Waals surface area (Å²) in [5.74, 6) is -1.97. The summed E-state index contributed by atoms with van der Waals surface area (Å²) in [6.45, 7) is 2.00. The molecule has 2 heterocycles. The highest BCUT2D eigenvalue weighted by molar-refractivity contribution is 7.87. The van der Waals surface area contributed by atoms with Gasteiger partial charge in [-0.1, -0.05) is 6.07 Å². The van der Waals surface area contributed by atoms with Crippen LogP contribution in [-0.2, 0) is 17.2 Å². The van der Waals surface area contributed by atoms with E-state index in [0.717, 1.165) is 60.6 Å². The molecular formula is C21H22F2N2O3S. The molecule has 0 amide bonds. The minimum absolute atomic E-state index is 0.0283. The number of fused-ring (bicyclic) bond motifs is 1. The molecule has 1 aromatic heterocycles. The molecule has 1 aliphatic heterocycles. The molecule has 1 fully saturated rings. The van der Waals surface area contributed by atoms with Crippen molar-refractivity contribution in [2.45, 2.75) is 23.7 Å². The summed E-state index contributed by atoms with van der Waals surface area (Å²) in [6.07, 6.45) is 4.09. The van der Waals surface area contributed by atoms with E-state index in [9.17, 15) is 17.2 Å². The van der Waals surface area contributed by atoms with E-state index in [4.69, 9.17) is 4.18 Å². The number of hydrogen-bond donors (Lipinski definition) is 0. The lowest BCUT2D eigenvalue weighted by Gasteiger charge is -2.28. The van der Waals surface area contributed by atoms with E-state index in [1.54, 1.807) is 12.1 Å². The lowest BCUT2D eigenvalue weighted by Crippen LogP contribution is -2.29. The molecule has 0 spiro atoms. The van der Waals surface area contributed by atoms with Crippen molar-refractivity contribution in [3.63, 3.8) is 0 Å². The number of hydrogen-bond acceptors (Lipinski definition) is 4. The summed E-state index contributed by atoms with van der Waals surface area (Å²) in [6, 6.07) is 7.77. The highest BCUT2D eigenvalue weighted by Crippen LogP contribution is 2.36. The van der Waals surface area contributed by atoms with E-state index in [1.807, 2.05) is 11.6 Å². The van der Waals surface area contributed by atoms with Gasteiger partial charge in [0.05, 0.1) is 0 Å². The van der Waals surface area contributed by atoms with Gasteiger partial charge in [0.15, 0.2) is 4.90 Å². The van der Waals surface area contributed by atoms with Crippen LogP contribution in [-0.4, -0.2) is 38.0 Å². The molecule has 154 valence electrons. The van der Waals surface area contributed by atoms with Gasteiger partial charge in [0.25, 0.3) is 0 Å². The van der Waals surface area contributed by atoms with Crippen LogP contribution in [0.3, 0.4) is 0 Å². The third-order valence-electron chi connectivity index (χ3n) is 5.53. The standard InChI is InChI=1S/C21H22F2N2O3S/c1-24-10-8-14(9-11-24)17-13-25(2)20-7-6-15(12-16(17)20)28-29(26,27)21-18(22)4-3-5-19(21)23/h3-7,12-14H,8-11H2,1-2H3. The van der Waals surface area contributed by atoms with Crippen LogP contribution < -0.4 is 4.18 Å². The number of piperidine rings is 1. The first-order valence-corrected chi connectivity index (χ1v) is 10.8. The minimum Gasteiger partial charge on any atom is -0.379 e. The second-order valence-electron chi connectivity index (χ2n) is 7.54. The second-order valence-corrected chi connectivity index (χ2v) is 9.02. The number of likely N-dealkylation sites (tertiary alicyclic amines) is 1. The van der Waals surface area contributed by atoms with Crippen LogP contribution in [0, 0.1) is 11.6 Å². The van der Waals surface area contributed by atoms with Crippen molar-refractivity contribution >= 4 is 21.0 Å². The Balaban J connectivity index is 1.71. The minimum atomic E-state index is -4.64. The van der Waals surface area contributed by atoms with Crippen LogP contribution in [0.25, 0.3) is 10.9 Å². The smallest absolute Gasteiger partial charge is 0.345 e. The number of rotatable bonds is 4. The van der Waals surface area contributed by atoms with Crippen molar-refractivity contribution in [3.8, 4) is 5.75 Å². The molecule has 29 heavy (non-hydrogen) atoms. The van der Waals surface area contributed by atoms with Crippen LogP contribution in [0.5, 0.6) is 5.75 Å². The first kappa shape index (κ1) is 19.8. The average molecular weight is 420 g/mol. The highest BCUT2D eigenvalue weighted by atomic mass is 32.2. The largest absolute Gasteiger partial charge is 0.379 e. The van der Waals surface area contributed by atoms with E-state index in [-0.39, 0.29) is 5.75 Å². The first-order chi connectivity index (χ1) is 13.8. The fourth-order valence-corrected chi connectivity index (χ4v) is 5.04. The molecule has 1 saturated heterocycles. The van der Waals surface area contributed by atoms with E-state index >= 15 is 0 Å². The molecule has 0 atom stereocenters. The Hall–Kier alpha value is -2.45. The Morgan fingerprint density at radius 3 is 2.34 bits per heavy atom. The summed E-state index contributed by atoms with van der Waals surface area (Å²) < 4.78 is 60.0. The van der Waals surface area contributed by atoms with Crippen molar-refractivity contribution in [1.82, 2.24) is 9.47 Å². The predicted molar refractivity (Wildman–Crippen MR) is 107 cm³/mol. The fraction of sp³-hybridized carbons (Fsp3) is 0.333. The zero-order valence-corrected chi connectivity index (χ0v) is 17.0. The molecule has 5 nitrogen and oxygen atoms in total. The van der Waals surface area contributed by atoms with Gasteiger partial charge in [0.1, 0.15) is 17.4 Å². The van der Waals surface area contributed by atoms with Gasteiger partial charge in [0.2, 0.25) is 0 Å². The van der Waals surface area contributed by atoms with E-state index in [2.05, 4.69) is 18.1 Å². The normalized spacial score (nSPS) is 16.4. The molecule has 0 bridgehead atoms. The molecule has 0 saturated carbocycles. The van der Waals surface area contributed by atoms with E-state index < -0.39 is 26.6 Å². The third-order valence-corrected chi connectivity index (χ3v) is 6.83. The molecule has 1 aliphatic rings. The highest BCUT2D eigenvalue weighted by Gasteiger charge is 2.27. The quantitative estimate of drug-likeness (QED) is 0.598. The van der Waals surface area contributed by atoms with Crippen molar-refractivity contribution in [2.24, 2.45) is 7.05 Å². The van der Waals surface area contributed by atoms with E-state index in [1.165, 1.54) is 6.07 Å². The topological polar surface area (TPSA) is 51.5 Å². The monoisotopic (exact) mass is 420 g/mol. The Kier molecular flexibility index (Phi) is 5.08. The van der Waals surface area contributed by atoms with Crippen molar-refractivity contribution in [2.75, 3.05) is 20.1 Å². The third kappa shape index (κ3) is 3.74. The number of halogens is 2. The van der Waals surface area contributed by atoms with Crippen LogP contribution in [0.4, 0.5) is 8.78 Å². The zero-order valence-electron chi connectivity index (χ0n) is 16.2. The molecule has 2 aromatic carbocycles. The maximum Gasteiger partial charge on any atom is 0.345 e. The Morgan fingerprint density at radius 1 is 1.03 bits per heavy atom. The molecule has 8 heteroatoms. The molecular weight excluding hydrogens is 398 g/mol. The zero-order chi connectivity index (χ0) is 20.8. The van der Waals surface area contributed by atoms with Crippen molar-refractivity contribution in [3.05, 3.63) is 59.8 Å². The lowest BCUT2D eigenvalue weighted by atomic mass is 9.89. The molecule has 0 unspecified atom stereocenters. The van der Waals surface area contributed by atoms with Crippen LogP contribution in [0.2, 0.25) is 0 Å². The summed E-state index contributed by atoms with van der Waals surface area (Å²) in [7, 11) is -0.612. The lowest BCUT2D eigenvalue weighted by molar-refractivity contribution is 0.256. The fourth-order valence-electron chi connectivity index (χ4n) is 3.99. The van der Waals surface area contributed by atoms with Crippen LogP contribution in [0.1, 0.15) is 24.3 Å². The van der Waals surface area contributed by atoms with Gasteiger partial charge in [-0.2, -0.15) is 8.42 Å². The van der Waals surface area contributed by atoms with Crippen LogP contribution >= 0.6 is 0 Å². The summed E-state index contributed by atoms with van der Waals surface area (Å²) in [4.78, 5) is 1.20. The molecule has 0 aliphatic carbocycles. The number of aromatic nitrogens is 1. The van der Waals surface area contributed by atoms with Gasteiger partial charge in [-0.3, -0.25) is 0 Å². The Bertz CT molecular complexity index is 1150. The Labute approximate surface area is 168 Å². The molecule has 0 N–H and O–H groups in total. The van der Waals surface area contributed by atoms with Crippen molar-refractivity contribution < 1.29 is 21.4 Å². The van der Waals surface area contributed by atoms with Gasteiger partial charge < -0.3 is 13.7 Å². The predicted octanol–water partition coefficient (Wildman–Crippen LogP) is 4.03. The maximum absolute atomic E-state index is 13.9. The molecule has 3 aromatic rings. The summed E-state index contributed by atoms with van der Waals surface area (Å²) in [5.41, 5.74) is 2.08. The van der Waals surface area contributed by atoms with Gasteiger partial charge in [-0.25, -0.2) is 8.78 Å². The number of aryl methyl sites for hydroxylation is 1. The van der Waals surface area contributed by atoms with E-state index in [0.29, 0.717) is 5.92 Å². The number of benzene rings is 2. The van der Waals surface area contributed by atoms with Gasteiger partial charge in [-0.15, -0.1) is 0 Å². The summed E-state index contributed by atoms with van der Waals surface area (Å²) in [5, 5.41) is 0.892. The van der Waals surface area contributed by atoms with Gasteiger partial charge >= 0.3 is 10.1 Å². The van der Waals surface area contributed by atoms with Gasteiger partial charge in [-0.05, 0) is 74.8 Å². The average Bonchev–Trinajstić information content (AvgIpc) is 2.98. The second kappa shape index (κ2) is 7.42. The first-order valence-electron chi connectivity index (χ1n) is 9.42. The molecule has 0 radical (unpaired) electrons. The Morgan fingerprint density at radius 2 is 1.69 bits per heavy atom. The van der Waals surface area contributed by atoms with Crippen molar-refractivity contribution in [1.29, 1.82) is 0 Å². The molecule has 4 rings (SSSR count). The van der Waals surface area contributed by atoms with Crippen LogP contribution in [0.15, 0.2) is 47.5 Å².